The lowest BCUT2D eigenvalue weighted by Gasteiger charge is -2.09. The van der Waals surface area contributed by atoms with E-state index in [1.807, 2.05) is 6.07 Å². The molecular formula is C17H9Cl2NO4. The summed E-state index contributed by atoms with van der Waals surface area (Å²) in [6, 6.07) is 13.9. The Bertz CT molecular complexity index is 972. The predicted octanol–water partition coefficient (Wildman–Crippen LogP) is 5.27. The number of nitro groups is 1. The van der Waals surface area contributed by atoms with E-state index in [0.717, 1.165) is 11.5 Å². The Morgan fingerprint density at radius 3 is 2.33 bits per heavy atom. The number of halogens is 2. The molecule has 0 unspecified atom stereocenters. The number of carbonyl (C=O) groups excluding carboxylic acids is 1. The summed E-state index contributed by atoms with van der Waals surface area (Å²) in [6.45, 7) is 0. The molecule has 0 fully saturated rings. The summed E-state index contributed by atoms with van der Waals surface area (Å²) in [4.78, 5) is 22.6. The minimum atomic E-state index is -0.781. The van der Waals surface area contributed by atoms with Crippen LogP contribution in [-0.4, -0.2) is 10.9 Å². The number of hydrogen-bond donors (Lipinski definition) is 0. The first-order valence-corrected chi connectivity index (χ1v) is 7.56. The molecule has 0 aliphatic heterocycles. The molecule has 0 radical (unpaired) electrons. The van der Waals surface area contributed by atoms with Gasteiger partial charge in [-0.25, -0.2) is 4.79 Å². The second-order valence-corrected chi connectivity index (χ2v) is 5.72. The zero-order valence-electron chi connectivity index (χ0n) is 12.0. The van der Waals surface area contributed by atoms with Gasteiger partial charge >= 0.3 is 5.97 Å². The number of non-ortho nitro benzene ring substituents is 1. The SMILES string of the molecule is O=C(Oc1ccc(Cl)c2ccccc12)c1cc([N+](=O)[O-])ccc1Cl. The van der Waals surface area contributed by atoms with Gasteiger partial charge in [0.2, 0.25) is 0 Å². The molecule has 0 aliphatic rings. The Morgan fingerprint density at radius 2 is 1.62 bits per heavy atom. The topological polar surface area (TPSA) is 69.4 Å². The van der Waals surface area contributed by atoms with Crippen molar-refractivity contribution >= 4 is 45.6 Å². The summed E-state index contributed by atoms with van der Waals surface area (Å²) in [7, 11) is 0. The van der Waals surface area contributed by atoms with Gasteiger partial charge in [-0.1, -0.05) is 47.5 Å². The molecule has 0 spiro atoms. The van der Waals surface area contributed by atoms with Gasteiger partial charge in [0.25, 0.3) is 5.69 Å². The second-order valence-electron chi connectivity index (χ2n) is 4.90. The summed E-state index contributed by atoms with van der Waals surface area (Å²) in [5.41, 5.74) is -0.322. The smallest absolute Gasteiger partial charge is 0.345 e. The molecule has 0 saturated heterocycles. The van der Waals surface area contributed by atoms with Gasteiger partial charge in [0.05, 0.1) is 15.5 Å². The van der Waals surface area contributed by atoms with Gasteiger partial charge in [0.1, 0.15) is 5.75 Å². The lowest BCUT2D eigenvalue weighted by molar-refractivity contribution is -0.384. The molecular weight excluding hydrogens is 353 g/mol. The van der Waals surface area contributed by atoms with E-state index >= 15 is 0 Å². The first-order valence-electron chi connectivity index (χ1n) is 6.81. The third kappa shape index (κ3) is 3.04. The number of carbonyl (C=O) groups is 1. The minimum Gasteiger partial charge on any atom is -0.422 e. The third-order valence-electron chi connectivity index (χ3n) is 3.41. The van der Waals surface area contributed by atoms with Crippen LogP contribution in [0.15, 0.2) is 54.6 Å². The van der Waals surface area contributed by atoms with E-state index in [2.05, 4.69) is 0 Å². The number of nitrogens with zero attached hydrogens (tertiary/aromatic N) is 1. The van der Waals surface area contributed by atoms with Gasteiger partial charge in [0.15, 0.2) is 0 Å². The van der Waals surface area contributed by atoms with Gasteiger partial charge in [-0.05, 0) is 18.2 Å². The Kier molecular flexibility index (Phi) is 4.38. The van der Waals surface area contributed by atoms with E-state index in [4.69, 9.17) is 27.9 Å². The van der Waals surface area contributed by atoms with Crippen molar-refractivity contribution in [1.29, 1.82) is 0 Å². The maximum atomic E-state index is 12.4. The molecule has 5 nitrogen and oxygen atoms in total. The maximum absolute atomic E-state index is 12.4. The molecule has 0 N–H and O–H groups in total. The molecule has 3 aromatic carbocycles. The van der Waals surface area contributed by atoms with Crippen LogP contribution >= 0.6 is 23.2 Å². The zero-order chi connectivity index (χ0) is 17.3. The summed E-state index contributed by atoms with van der Waals surface area (Å²) < 4.78 is 5.38. The van der Waals surface area contributed by atoms with Gasteiger partial charge in [-0.3, -0.25) is 10.1 Å². The van der Waals surface area contributed by atoms with Gasteiger partial charge in [-0.2, -0.15) is 0 Å². The number of fused-ring (bicyclic) bond motifs is 1. The second kappa shape index (κ2) is 6.47. The first-order chi connectivity index (χ1) is 11.5. The number of hydrogen-bond acceptors (Lipinski definition) is 4. The minimum absolute atomic E-state index is 0.0730. The van der Waals surface area contributed by atoms with Crippen LogP contribution in [0.4, 0.5) is 5.69 Å². The van der Waals surface area contributed by atoms with Gasteiger partial charge in [0, 0.05) is 27.9 Å². The molecule has 0 heterocycles. The molecule has 0 amide bonds. The number of esters is 1. The number of ether oxygens (including phenoxy) is 1. The molecule has 24 heavy (non-hydrogen) atoms. The summed E-state index contributed by atoms with van der Waals surface area (Å²) in [5, 5.41) is 12.8. The van der Waals surface area contributed by atoms with E-state index in [0.29, 0.717) is 16.2 Å². The van der Waals surface area contributed by atoms with Crippen LogP contribution < -0.4 is 4.74 Å². The van der Waals surface area contributed by atoms with Crippen LogP contribution in [0.1, 0.15) is 10.4 Å². The van der Waals surface area contributed by atoms with Crippen molar-refractivity contribution in [3.63, 3.8) is 0 Å². The summed E-state index contributed by atoms with van der Waals surface area (Å²) in [5.74, 6) is -0.487. The predicted molar refractivity (Wildman–Crippen MR) is 92.0 cm³/mol. The number of benzene rings is 3. The molecule has 3 aromatic rings. The van der Waals surface area contributed by atoms with Crippen molar-refractivity contribution in [1.82, 2.24) is 0 Å². The average Bonchev–Trinajstić information content (AvgIpc) is 2.57. The standard InChI is InChI=1S/C17H9Cl2NO4/c18-14-7-8-16(12-4-2-1-3-11(12)14)24-17(21)13-9-10(20(22)23)5-6-15(13)19/h1-9H. The Morgan fingerprint density at radius 1 is 0.958 bits per heavy atom. The fourth-order valence-electron chi connectivity index (χ4n) is 2.26. The molecule has 120 valence electrons. The third-order valence-corrected chi connectivity index (χ3v) is 4.07. The zero-order valence-corrected chi connectivity index (χ0v) is 13.5. The number of rotatable bonds is 3. The summed E-state index contributed by atoms with van der Waals surface area (Å²) in [6.07, 6.45) is 0. The lowest BCUT2D eigenvalue weighted by atomic mass is 10.1. The quantitative estimate of drug-likeness (QED) is 0.275. The van der Waals surface area contributed by atoms with Crippen LogP contribution in [-0.2, 0) is 0 Å². The van der Waals surface area contributed by atoms with Crippen LogP contribution in [0, 0.1) is 10.1 Å². The van der Waals surface area contributed by atoms with Crippen molar-refractivity contribution in [3.05, 3.63) is 80.3 Å². The lowest BCUT2D eigenvalue weighted by Crippen LogP contribution is -2.10. The van der Waals surface area contributed by atoms with Gasteiger partial charge < -0.3 is 4.74 Å². The van der Waals surface area contributed by atoms with Crippen molar-refractivity contribution in [2.45, 2.75) is 0 Å². The van der Waals surface area contributed by atoms with Crippen LogP contribution in [0.3, 0.4) is 0 Å². The number of nitro benzene ring substituents is 1. The fraction of sp³-hybridized carbons (Fsp3) is 0. The molecule has 0 aromatic heterocycles. The van der Waals surface area contributed by atoms with Crippen LogP contribution in [0.2, 0.25) is 10.0 Å². The van der Waals surface area contributed by atoms with E-state index in [1.54, 1.807) is 30.3 Å². The molecule has 0 atom stereocenters. The van der Waals surface area contributed by atoms with E-state index in [9.17, 15) is 14.9 Å². The highest BCUT2D eigenvalue weighted by Crippen LogP contribution is 2.32. The van der Waals surface area contributed by atoms with E-state index in [1.165, 1.54) is 12.1 Å². The van der Waals surface area contributed by atoms with Crippen molar-refractivity contribution in [3.8, 4) is 5.75 Å². The molecule has 0 saturated carbocycles. The summed E-state index contributed by atoms with van der Waals surface area (Å²) >= 11 is 12.1. The van der Waals surface area contributed by atoms with Crippen molar-refractivity contribution < 1.29 is 14.5 Å². The van der Waals surface area contributed by atoms with Crippen LogP contribution in [0.5, 0.6) is 5.75 Å². The maximum Gasteiger partial charge on any atom is 0.345 e. The molecule has 7 heteroatoms. The largest absolute Gasteiger partial charge is 0.422 e. The Hall–Kier alpha value is -2.63. The van der Waals surface area contributed by atoms with Crippen LogP contribution in [0.25, 0.3) is 10.8 Å². The fourth-order valence-corrected chi connectivity index (χ4v) is 2.68. The normalized spacial score (nSPS) is 10.6. The monoisotopic (exact) mass is 361 g/mol. The Balaban J connectivity index is 2.01. The highest BCUT2D eigenvalue weighted by molar-refractivity contribution is 6.36. The Labute approximate surface area is 146 Å². The molecule has 0 aliphatic carbocycles. The first kappa shape index (κ1) is 16.2. The molecule has 3 rings (SSSR count). The van der Waals surface area contributed by atoms with Gasteiger partial charge in [-0.15, -0.1) is 0 Å². The van der Waals surface area contributed by atoms with Crippen molar-refractivity contribution in [2.24, 2.45) is 0 Å². The molecule has 0 bridgehead atoms. The highest BCUT2D eigenvalue weighted by Gasteiger charge is 2.19. The van der Waals surface area contributed by atoms with E-state index < -0.39 is 10.9 Å². The average molecular weight is 362 g/mol. The highest BCUT2D eigenvalue weighted by atomic mass is 35.5. The van der Waals surface area contributed by atoms with E-state index in [-0.39, 0.29) is 16.3 Å². The van der Waals surface area contributed by atoms with Crippen molar-refractivity contribution in [2.75, 3.05) is 0 Å².